The van der Waals surface area contributed by atoms with Gasteiger partial charge in [-0.2, -0.15) is 0 Å². The van der Waals surface area contributed by atoms with Crippen LogP contribution in [0.15, 0.2) is 47.3 Å². The number of hydrogen-bond donors (Lipinski definition) is 4. The van der Waals surface area contributed by atoms with Gasteiger partial charge in [0.25, 0.3) is 5.91 Å². The molecule has 1 atom stereocenters. The number of rotatable bonds is 5. The zero-order chi connectivity index (χ0) is 18.7. The van der Waals surface area contributed by atoms with Gasteiger partial charge in [0.2, 0.25) is 0 Å². The molecule has 0 fully saturated rings. The molecular weight excluding hydrogens is 338 g/mol. The summed E-state index contributed by atoms with van der Waals surface area (Å²) >= 11 is 0. The molecular formula is C18H17N3O5. The molecule has 0 bridgehead atoms. The smallest absolute Gasteiger partial charge is 0.323 e. The minimum absolute atomic E-state index is 0.00551. The second-order valence-corrected chi connectivity index (χ2v) is 5.80. The Labute approximate surface area is 147 Å². The number of ether oxygens (including phenoxy) is 1. The highest BCUT2D eigenvalue weighted by Crippen LogP contribution is 2.15. The maximum Gasteiger partial charge on any atom is 0.323 e. The van der Waals surface area contributed by atoms with E-state index in [1.165, 1.54) is 19.1 Å². The summed E-state index contributed by atoms with van der Waals surface area (Å²) in [5.74, 6) is -0.930. The maximum atomic E-state index is 12.2. The van der Waals surface area contributed by atoms with Gasteiger partial charge in [0.1, 0.15) is 5.75 Å². The quantitative estimate of drug-likeness (QED) is 0.518. The molecule has 1 heterocycles. The molecule has 8 nitrogen and oxygen atoms in total. The maximum absolute atomic E-state index is 12.2. The molecule has 1 aromatic heterocycles. The van der Waals surface area contributed by atoms with E-state index in [2.05, 4.69) is 15.3 Å². The Hall–Kier alpha value is -3.55. The Kier molecular flexibility index (Phi) is 4.74. The third kappa shape index (κ3) is 4.10. The second-order valence-electron chi connectivity index (χ2n) is 5.80. The zero-order valence-corrected chi connectivity index (χ0v) is 13.9. The fraction of sp³-hybridized carbons (Fsp3) is 0.167. The zero-order valence-electron chi connectivity index (χ0n) is 13.9. The first-order chi connectivity index (χ1) is 12.4. The van der Waals surface area contributed by atoms with E-state index in [1.54, 1.807) is 30.3 Å². The summed E-state index contributed by atoms with van der Waals surface area (Å²) in [6.45, 7) is 1.47. The Morgan fingerprint density at radius 3 is 2.54 bits per heavy atom. The number of H-pyrrole nitrogens is 2. The normalized spacial score (nSPS) is 11.9. The summed E-state index contributed by atoms with van der Waals surface area (Å²) in [7, 11) is 0. The molecule has 2 aromatic carbocycles. The minimum Gasteiger partial charge on any atom is -0.508 e. The molecule has 0 spiro atoms. The van der Waals surface area contributed by atoms with Gasteiger partial charge in [-0.05, 0) is 42.8 Å². The fourth-order valence-corrected chi connectivity index (χ4v) is 2.43. The number of amides is 1. The molecule has 0 saturated heterocycles. The lowest BCUT2D eigenvalue weighted by molar-refractivity contribution is -0.152. The average Bonchev–Trinajstić information content (AvgIpc) is 2.96. The largest absolute Gasteiger partial charge is 0.508 e. The van der Waals surface area contributed by atoms with Crippen molar-refractivity contribution >= 4 is 28.6 Å². The number of fused-ring (bicyclic) bond motifs is 1. The van der Waals surface area contributed by atoms with Gasteiger partial charge in [0.15, 0.2) is 6.10 Å². The van der Waals surface area contributed by atoms with Crippen LogP contribution in [0.1, 0.15) is 12.5 Å². The number of phenolic OH excluding ortho intramolecular Hbond substituents is 1. The number of imidazole rings is 1. The van der Waals surface area contributed by atoms with Crippen molar-refractivity contribution in [2.45, 2.75) is 19.4 Å². The predicted molar refractivity (Wildman–Crippen MR) is 94.9 cm³/mol. The van der Waals surface area contributed by atoms with Crippen LogP contribution in [-0.2, 0) is 20.7 Å². The van der Waals surface area contributed by atoms with E-state index in [-0.39, 0.29) is 17.9 Å². The lowest BCUT2D eigenvalue weighted by Crippen LogP contribution is -2.30. The highest BCUT2D eigenvalue weighted by atomic mass is 16.5. The van der Waals surface area contributed by atoms with Gasteiger partial charge in [0, 0.05) is 5.69 Å². The highest BCUT2D eigenvalue weighted by molar-refractivity contribution is 5.96. The Morgan fingerprint density at radius 2 is 1.81 bits per heavy atom. The number of carbonyl (C=O) groups excluding carboxylic acids is 2. The average molecular weight is 355 g/mol. The van der Waals surface area contributed by atoms with Crippen molar-refractivity contribution in [1.82, 2.24) is 9.97 Å². The van der Waals surface area contributed by atoms with Gasteiger partial charge >= 0.3 is 11.7 Å². The Bertz CT molecular complexity index is 1000. The number of anilines is 1. The van der Waals surface area contributed by atoms with E-state index in [9.17, 15) is 19.5 Å². The van der Waals surface area contributed by atoms with E-state index in [1.807, 2.05) is 0 Å². The van der Waals surface area contributed by atoms with Crippen molar-refractivity contribution < 1.29 is 19.4 Å². The lowest BCUT2D eigenvalue weighted by atomic mass is 10.1. The minimum atomic E-state index is -0.986. The summed E-state index contributed by atoms with van der Waals surface area (Å²) in [6.07, 6.45) is -0.991. The van der Waals surface area contributed by atoms with Gasteiger partial charge in [-0.15, -0.1) is 0 Å². The molecule has 1 amide bonds. The van der Waals surface area contributed by atoms with Gasteiger partial charge in [-0.1, -0.05) is 12.1 Å². The van der Waals surface area contributed by atoms with Gasteiger partial charge < -0.3 is 25.1 Å². The summed E-state index contributed by atoms with van der Waals surface area (Å²) < 4.78 is 5.13. The first-order valence-corrected chi connectivity index (χ1v) is 7.91. The molecule has 0 saturated carbocycles. The molecule has 0 unspecified atom stereocenters. The predicted octanol–water partition coefficient (Wildman–Crippen LogP) is 1.67. The number of esters is 1. The van der Waals surface area contributed by atoms with Crippen LogP contribution >= 0.6 is 0 Å². The molecule has 134 valence electrons. The van der Waals surface area contributed by atoms with Crippen LogP contribution in [-0.4, -0.2) is 33.1 Å². The number of phenols is 1. The van der Waals surface area contributed by atoms with Crippen LogP contribution in [0.5, 0.6) is 5.75 Å². The number of benzene rings is 2. The summed E-state index contributed by atoms with van der Waals surface area (Å²) in [5, 5.41) is 11.9. The molecule has 0 aliphatic heterocycles. The van der Waals surface area contributed by atoms with E-state index < -0.39 is 18.0 Å². The van der Waals surface area contributed by atoms with Crippen molar-refractivity contribution in [1.29, 1.82) is 0 Å². The van der Waals surface area contributed by atoms with Crippen molar-refractivity contribution in [3.05, 3.63) is 58.5 Å². The first-order valence-electron chi connectivity index (χ1n) is 7.91. The standard InChI is InChI=1S/C18H17N3O5/c1-10(26-16(23)8-11-2-5-13(22)6-3-11)17(24)19-12-4-7-14-15(9-12)21-18(25)20-14/h2-7,9-10,22H,8H2,1H3,(H,19,24)(H2,20,21,25)/t10-/m1/s1. The SMILES string of the molecule is C[C@@H](OC(=O)Cc1ccc(O)cc1)C(=O)Nc1ccc2[nH]c(=O)[nH]c2c1. The van der Waals surface area contributed by atoms with Gasteiger partial charge in [0.05, 0.1) is 17.5 Å². The van der Waals surface area contributed by atoms with Crippen molar-refractivity contribution in [3.63, 3.8) is 0 Å². The van der Waals surface area contributed by atoms with Gasteiger partial charge in [-0.3, -0.25) is 9.59 Å². The topological polar surface area (TPSA) is 124 Å². The van der Waals surface area contributed by atoms with Crippen LogP contribution < -0.4 is 11.0 Å². The highest BCUT2D eigenvalue weighted by Gasteiger charge is 2.18. The monoisotopic (exact) mass is 355 g/mol. The number of aromatic amines is 2. The first kappa shape index (κ1) is 17.3. The fourth-order valence-electron chi connectivity index (χ4n) is 2.43. The van der Waals surface area contributed by atoms with Crippen LogP contribution in [0.4, 0.5) is 5.69 Å². The third-order valence-corrected chi connectivity index (χ3v) is 3.75. The van der Waals surface area contributed by atoms with Crippen molar-refractivity contribution in [2.24, 2.45) is 0 Å². The van der Waals surface area contributed by atoms with Gasteiger partial charge in [-0.25, -0.2) is 4.79 Å². The Balaban J connectivity index is 1.58. The number of hydrogen-bond acceptors (Lipinski definition) is 5. The molecule has 4 N–H and O–H groups in total. The summed E-state index contributed by atoms with van der Waals surface area (Å²) in [4.78, 5) is 40.6. The van der Waals surface area contributed by atoms with Crippen LogP contribution in [0.2, 0.25) is 0 Å². The van der Waals surface area contributed by atoms with Crippen molar-refractivity contribution in [2.75, 3.05) is 5.32 Å². The third-order valence-electron chi connectivity index (χ3n) is 3.75. The van der Waals surface area contributed by atoms with E-state index in [4.69, 9.17) is 4.74 Å². The molecule has 8 heteroatoms. The molecule has 3 rings (SSSR count). The molecule has 0 aliphatic carbocycles. The van der Waals surface area contributed by atoms with E-state index in [0.717, 1.165) is 0 Å². The Morgan fingerprint density at radius 1 is 1.12 bits per heavy atom. The molecule has 3 aromatic rings. The molecule has 26 heavy (non-hydrogen) atoms. The van der Waals surface area contributed by atoms with Crippen LogP contribution in [0.25, 0.3) is 11.0 Å². The number of carbonyl (C=O) groups is 2. The molecule has 0 aliphatic rings. The summed E-state index contributed by atoms with van der Waals surface area (Å²) in [6, 6.07) is 11.1. The van der Waals surface area contributed by atoms with Crippen molar-refractivity contribution in [3.8, 4) is 5.75 Å². The van der Waals surface area contributed by atoms with Crippen LogP contribution in [0.3, 0.4) is 0 Å². The molecule has 0 radical (unpaired) electrons. The van der Waals surface area contributed by atoms with Crippen LogP contribution in [0, 0.1) is 0 Å². The number of aromatic hydroxyl groups is 1. The second kappa shape index (κ2) is 7.14. The van der Waals surface area contributed by atoms with E-state index in [0.29, 0.717) is 22.3 Å². The number of aromatic nitrogens is 2. The van der Waals surface area contributed by atoms with E-state index >= 15 is 0 Å². The summed E-state index contributed by atoms with van der Waals surface area (Å²) in [5.41, 5.74) is 1.99. The number of nitrogens with one attached hydrogen (secondary N) is 3. The lowest BCUT2D eigenvalue weighted by Gasteiger charge is -2.13.